The lowest BCUT2D eigenvalue weighted by Gasteiger charge is -2.38. The molecule has 5 atom stereocenters. The van der Waals surface area contributed by atoms with E-state index in [-0.39, 0.29) is 29.7 Å². The Bertz CT molecular complexity index is 1020. The van der Waals surface area contributed by atoms with Crippen LogP contribution in [0.4, 0.5) is 5.69 Å². The zero-order chi connectivity index (χ0) is 26.5. The second-order valence-electron chi connectivity index (χ2n) is 12.8. The van der Waals surface area contributed by atoms with E-state index < -0.39 is 32.9 Å². The maximum atomic E-state index is 14.0. The minimum absolute atomic E-state index is 0.0222. The number of hydrogen-bond donors (Lipinski definition) is 3. The molecule has 8 heteroatoms. The van der Waals surface area contributed by atoms with Crippen molar-refractivity contribution in [3.05, 3.63) is 30.3 Å². The molecule has 0 radical (unpaired) electrons. The molecule has 0 aromatic heterocycles. The second-order valence-corrected chi connectivity index (χ2v) is 14.7. The third kappa shape index (κ3) is 4.78. The number of para-hydroxylation sites is 1. The molecule has 4 rings (SSSR count). The number of thioether (sulfide) groups is 1. The molecule has 0 saturated carbocycles. The first-order valence-electron chi connectivity index (χ1n) is 13.0. The van der Waals surface area contributed by atoms with Gasteiger partial charge in [0.25, 0.3) is 0 Å². The monoisotopic (exact) mass is 515 g/mol. The number of carbonyl (C=O) groups is 3. The van der Waals surface area contributed by atoms with E-state index in [1.165, 1.54) is 0 Å². The molecule has 3 saturated heterocycles. The summed E-state index contributed by atoms with van der Waals surface area (Å²) < 4.78 is -1.07. The second kappa shape index (κ2) is 9.35. The van der Waals surface area contributed by atoms with Crippen molar-refractivity contribution in [2.24, 2.45) is 17.3 Å². The molecule has 3 heterocycles. The number of aliphatic hydroxyl groups excluding tert-OH is 1. The summed E-state index contributed by atoms with van der Waals surface area (Å²) in [6.07, 6.45) is 2.67. The standard InChI is InChI=1S/C28H41N3O4S/c1-25(2,3)17-26(4,5)30-23(34)21-28-14-13-27(6,36-28)19(20(28)24(35)31(21)15-10-16-32)22(33)29-18-11-8-7-9-12-18/h7-9,11-12,19-21,32H,10,13-17H2,1-6H3,(H,29,33)(H,30,34)/t19-,20-,21?,27+,28?/m0/s1. The van der Waals surface area contributed by atoms with E-state index in [4.69, 9.17) is 0 Å². The SMILES string of the molecule is CC(C)(C)CC(C)(C)NC(=O)C1N(CCCO)C(=O)[C@@H]2[C@@H](C(=O)Nc3ccccc3)[C@@]3(C)CCC12S3. The number of likely N-dealkylation sites (tertiary alicyclic amines) is 1. The highest BCUT2D eigenvalue weighted by Crippen LogP contribution is 2.71. The Morgan fingerprint density at radius 1 is 1.11 bits per heavy atom. The molecule has 0 aliphatic carbocycles. The smallest absolute Gasteiger partial charge is 0.244 e. The molecule has 2 bridgehead atoms. The van der Waals surface area contributed by atoms with Crippen molar-refractivity contribution in [3.8, 4) is 0 Å². The highest BCUT2D eigenvalue weighted by atomic mass is 32.2. The third-order valence-electron chi connectivity index (χ3n) is 7.84. The van der Waals surface area contributed by atoms with Gasteiger partial charge in [-0.25, -0.2) is 0 Å². The molecule has 36 heavy (non-hydrogen) atoms. The predicted octanol–water partition coefficient (Wildman–Crippen LogP) is 3.82. The molecule has 3 amide bonds. The van der Waals surface area contributed by atoms with Crippen LogP contribution < -0.4 is 10.6 Å². The Hall–Kier alpha value is -2.06. The van der Waals surface area contributed by atoms with Gasteiger partial charge in [-0.15, -0.1) is 11.8 Å². The lowest BCUT2D eigenvalue weighted by Crippen LogP contribution is -2.58. The summed E-state index contributed by atoms with van der Waals surface area (Å²) in [5, 5.41) is 15.8. The van der Waals surface area contributed by atoms with E-state index >= 15 is 0 Å². The number of amides is 3. The lowest BCUT2D eigenvalue weighted by molar-refractivity contribution is -0.140. The van der Waals surface area contributed by atoms with Crippen LogP contribution in [0.15, 0.2) is 30.3 Å². The van der Waals surface area contributed by atoms with Crippen molar-refractivity contribution in [2.45, 2.75) is 88.3 Å². The van der Waals surface area contributed by atoms with Gasteiger partial charge in [0.1, 0.15) is 6.04 Å². The number of benzene rings is 1. The van der Waals surface area contributed by atoms with Crippen LogP contribution in [0.25, 0.3) is 0 Å². The average molecular weight is 516 g/mol. The summed E-state index contributed by atoms with van der Waals surface area (Å²) in [6.45, 7) is 12.8. The third-order valence-corrected chi connectivity index (χ3v) is 9.83. The molecule has 3 fully saturated rings. The van der Waals surface area contributed by atoms with E-state index in [1.807, 2.05) is 44.2 Å². The Morgan fingerprint density at radius 3 is 2.39 bits per heavy atom. The molecular formula is C28H41N3O4S. The highest BCUT2D eigenvalue weighted by Gasteiger charge is 2.77. The van der Waals surface area contributed by atoms with Gasteiger partial charge in [-0.3, -0.25) is 14.4 Å². The minimum atomic E-state index is -0.665. The van der Waals surface area contributed by atoms with Crippen molar-refractivity contribution in [1.82, 2.24) is 10.2 Å². The summed E-state index contributed by atoms with van der Waals surface area (Å²) in [5.74, 6) is -1.54. The van der Waals surface area contributed by atoms with Crippen molar-refractivity contribution >= 4 is 35.2 Å². The van der Waals surface area contributed by atoms with Gasteiger partial charge in [-0.05, 0) is 64.0 Å². The molecule has 7 nitrogen and oxygen atoms in total. The van der Waals surface area contributed by atoms with E-state index in [1.54, 1.807) is 16.7 Å². The van der Waals surface area contributed by atoms with Gasteiger partial charge in [0.15, 0.2) is 0 Å². The van der Waals surface area contributed by atoms with Gasteiger partial charge in [0.2, 0.25) is 17.7 Å². The number of carbonyl (C=O) groups excluding carboxylic acids is 3. The number of nitrogens with one attached hydrogen (secondary N) is 2. The van der Waals surface area contributed by atoms with Gasteiger partial charge < -0.3 is 20.6 Å². The molecule has 3 N–H and O–H groups in total. The van der Waals surface area contributed by atoms with Crippen molar-refractivity contribution in [1.29, 1.82) is 0 Å². The molecular weight excluding hydrogens is 474 g/mol. The zero-order valence-corrected chi connectivity index (χ0v) is 23.2. The Labute approximate surface area is 219 Å². The zero-order valence-electron chi connectivity index (χ0n) is 22.4. The van der Waals surface area contributed by atoms with Crippen LogP contribution in [0.5, 0.6) is 0 Å². The van der Waals surface area contributed by atoms with Gasteiger partial charge in [0, 0.05) is 29.1 Å². The van der Waals surface area contributed by atoms with E-state index in [9.17, 15) is 19.5 Å². The maximum absolute atomic E-state index is 14.0. The van der Waals surface area contributed by atoms with Crippen molar-refractivity contribution in [2.75, 3.05) is 18.5 Å². The first kappa shape index (κ1) is 27.0. The Balaban J connectivity index is 1.67. The fraction of sp³-hybridized carbons (Fsp3) is 0.679. The van der Waals surface area contributed by atoms with Gasteiger partial charge in [-0.1, -0.05) is 39.0 Å². The summed E-state index contributed by atoms with van der Waals surface area (Å²) in [5.41, 5.74) is 0.271. The first-order valence-corrected chi connectivity index (χ1v) is 13.8. The van der Waals surface area contributed by atoms with Crippen LogP contribution in [0, 0.1) is 17.3 Å². The molecule has 198 valence electrons. The Morgan fingerprint density at radius 2 is 1.78 bits per heavy atom. The van der Waals surface area contributed by atoms with Crippen LogP contribution >= 0.6 is 11.8 Å². The first-order chi connectivity index (χ1) is 16.7. The fourth-order valence-corrected chi connectivity index (χ4v) is 9.48. The summed E-state index contributed by atoms with van der Waals surface area (Å²) in [7, 11) is 0. The number of nitrogens with zero attached hydrogens (tertiary/aromatic N) is 1. The van der Waals surface area contributed by atoms with Crippen LogP contribution in [0.3, 0.4) is 0 Å². The van der Waals surface area contributed by atoms with Gasteiger partial charge >= 0.3 is 0 Å². The largest absolute Gasteiger partial charge is 0.396 e. The molecule has 2 unspecified atom stereocenters. The fourth-order valence-electron chi connectivity index (χ4n) is 7.12. The quantitative estimate of drug-likeness (QED) is 0.489. The van der Waals surface area contributed by atoms with Gasteiger partial charge in [0.05, 0.1) is 16.6 Å². The van der Waals surface area contributed by atoms with Crippen LogP contribution in [0.2, 0.25) is 0 Å². The number of fused-ring (bicyclic) bond motifs is 1. The van der Waals surface area contributed by atoms with Crippen molar-refractivity contribution < 1.29 is 19.5 Å². The van der Waals surface area contributed by atoms with Crippen LogP contribution in [-0.4, -0.2) is 62.0 Å². The highest BCUT2D eigenvalue weighted by molar-refractivity contribution is 8.02. The molecule has 1 spiro atoms. The number of rotatable bonds is 8. The van der Waals surface area contributed by atoms with Gasteiger partial charge in [-0.2, -0.15) is 0 Å². The molecule has 3 aliphatic heterocycles. The number of aliphatic hydroxyl groups is 1. The minimum Gasteiger partial charge on any atom is -0.396 e. The van der Waals surface area contributed by atoms with E-state index in [2.05, 4.69) is 38.3 Å². The summed E-state index contributed by atoms with van der Waals surface area (Å²) in [4.78, 5) is 43.2. The molecule has 1 aromatic rings. The van der Waals surface area contributed by atoms with E-state index in [0.717, 1.165) is 12.8 Å². The van der Waals surface area contributed by atoms with Crippen molar-refractivity contribution in [3.63, 3.8) is 0 Å². The Kier molecular flexibility index (Phi) is 7.01. The predicted molar refractivity (Wildman–Crippen MR) is 144 cm³/mol. The molecule has 3 aliphatic rings. The van der Waals surface area contributed by atoms with Crippen LogP contribution in [-0.2, 0) is 14.4 Å². The van der Waals surface area contributed by atoms with Crippen LogP contribution in [0.1, 0.15) is 67.2 Å². The number of anilines is 1. The van der Waals surface area contributed by atoms with E-state index in [0.29, 0.717) is 25.1 Å². The average Bonchev–Trinajstić information content (AvgIpc) is 3.31. The number of hydrogen-bond acceptors (Lipinski definition) is 5. The molecule has 1 aromatic carbocycles. The lowest BCUT2D eigenvalue weighted by atomic mass is 9.66. The summed E-state index contributed by atoms with van der Waals surface area (Å²) in [6, 6.07) is 8.64. The maximum Gasteiger partial charge on any atom is 0.244 e. The normalized spacial score (nSPS) is 31.5. The topological polar surface area (TPSA) is 98.7 Å². The summed E-state index contributed by atoms with van der Waals surface area (Å²) >= 11 is 1.67.